The van der Waals surface area contributed by atoms with E-state index < -0.39 is 0 Å². The summed E-state index contributed by atoms with van der Waals surface area (Å²) in [5.74, 6) is 1.84. The molecule has 0 spiro atoms. The molecule has 0 radical (unpaired) electrons. The number of benzene rings is 2. The summed E-state index contributed by atoms with van der Waals surface area (Å²) < 4.78 is 11.6. The molecule has 0 fully saturated rings. The van der Waals surface area contributed by atoms with Gasteiger partial charge in [0.2, 0.25) is 0 Å². The highest BCUT2D eigenvalue weighted by molar-refractivity contribution is 5.88. The second-order valence-electron chi connectivity index (χ2n) is 7.07. The maximum Gasteiger partial charge on any atom is 0.127 e. The highest BCUT2D eigenvalue weighted by Crippen LogP contribution is 2.25. The van der Waals surface area contributed by atoms with Crippen molar-refractivity contribution >= 4 is 10.8 Å². The van der Waals surface area contributed by atoms with Gasteiger partial charge in [-0.2, -0.15) is 0 Å². The maximum atomic E-state index is 8.65. The molecular weight excluding hydrogens is 364 g/mol. The van der Waals surface area contributed by atoms with Gasteiger partial charge in [0.05, 0.1) is 12.8 Å². The van der Waals surface area contributed by atoms with Crippen molar-refractivity contribution < 1.29 is 14.4 Å². The van der Waals surface area contributed by atoms with Gasteiger partial charge in [-0.15, -0.1) is 0 Å². The third kappa shape index (κ3) is 7.06. The summed E-state index contributed by atoms with van der Waals surface area (Å²) in [6, 6.07) is 18.3. The van der Waals surface area contributed by atoms with Crippen LogP contribution in [0.3, 0.4) is 0 Å². The molecule has 1 aromatic heterocycles. The summed E-state index contributed by atoms with van der Waals surface area (Å²) in [7, 11) is 0. The van der Waals surface area contributed by atoms with Crippen LogP contribution in [0.15, 0.2) is 76.9 Å². The Bertz CT molecular complexity index is 869. The minimum atomic E-state index is 0.553. The molecular formula is C24H30N2O3. The van der Waals surface area contributed by atoms with E-state index in [-0.39, 0.29) is 0 Å². The van der Waals surface area contributed by atoms with Crippen LogP contribution in [0.25, 0.3) is 10.8 Å². The van der Waals surface area contributed by atoms with E-state index in [1.807, 2.05) is 36.4 Å². The number of allylic oxidation sites excluding steroid dienone is 1. The third-order valence-corrected chi connectivity index (χ3v) is 4.82. The van der Waals surface area contributed by atoms with E-state index in [0.29, 0.717) is 19.7 Å². The average Bonchev–Trinajstić information content (AvgIpc) is 3.27. The number of hydrogen-bond donors (Lipinski definition) is 3. The molecule has 5 nitrogen and oxygen atoms in total. The summed E-state index contributed by atoms with van der Waals surface area (Å²) in [5.41, 5.74) is 3.43. The fourth-order valence-electron chi connectivity index (χ4n) is 3.26. The van der Waals surface area contributed by atoms with Crippen LogP contribution in [0.2, 0.25) is 0 Å². The van der Waals surface area contributed by atoms with Gasteiger partial charge >= 0.3 is 0 Å². The van der Waals surface area contributed by atoms with Crippen LogP contribution in [0.5, 0.6) is 5.75 Å². The van der Waals surface area contributed by atoms with Gasteiger partial charge in [-0.05, 0) is 48.4 Å². The molecule has 0 aliphatic rings. The summed E-state index contributed by atoms with van der Waals surface area (Å²) in [4.78, 5) is 0. The molecule has 3 N–H and O–H groups in total. The number of rotatable bonds is 13. The molecule has 0 aliphatic carbocycles. The van der Waals surface area contributed by atoms with Crippen LogP contribution in [0.4, 0.5) is 0 Å². The fourth-order valence-corrected chi connectivity index (χ4v) is 3.26. The largest absolute Gasteiger partial charge is 0.489 e. The van der Waals surface area contributed by atoms with Crippen LogP contribution < -0.4 is 15.5 Å². The molecule has 29 heavy (non-hydrogen) atoms. The monoisotopic (exact) mass is 394 g/mol. The lowest BCUT2D eigenvalue weighted by Crippen LogP contribution is -2.19. The second-order valence-corrected chi connectivity index (χ2v) is 7.07. The Morgan fingerprint density at radius 1 is 1.00 bits per heavy atom. The second kappa shape index (κ2) is 12.1. The van der Waals surface area contributed by atoms with E-state index in [2.05, 4.69) is 35.1 Å². The molecule has 5 heteroatoms. The smallest absolute Gasteiger partial charge is 0.127 e. The molecule has 2 aromatic carbocycles. The SMILES string of the molecule is ONCCCCC/C=C(\CNCc1ccco1)COc1cccc2ccccc12. The molecule has 0 unspecified atom stereocenters. The molecule has 0 saturated carbocycles. The highest BCUT2D eigenvalue weighted by Gasteiger charge is 2.05. The first-order chi connectivity index (χ1) is 14.4. The Kier molecular flexibility index (Phi) is 8.79. The van der Waals surface area contributed by atoms with Gasteiger partial charge < -0.3 is 19.7 Å². The van der Waals surface area contributed by atoms with Gasteiger partial charge in [0, 0.05) is 18.5 Å². The van der Waals surface area contributed by atoms with Crippen LogP contribution >= 0.6 is 0 Å². The topological polar surface area (TPSA) is 66.7 Å². The summed E-state index contributed by atoms with van der Waals surface area (Å²) in [5, 5.41) is 14.4. The van der Waals surface area contributed by atoms with Gasteiger partial charge in [-0.25, -0.2) is 5.48 Å². The van der Waals surface area contributed by atoms with Crippen molar-refractivity contribution in [1.29, 1.82) is 0 Å². The molecule has 154 valence electrons. The van der Waals surface area contributed by atoms with Gasteiger partial charge in [0.1, 0.15) is 18.1 Å². The zero-order valence-corrected chi connectivity index (χ0v) is 16.8. The summed E-state index contributed by atoms with van der Waals surface area (Å²) in [6.45, 7) is 2.65. The third-order valence-electron chi connectivity index (χ3n) is 4.82. The zero-order chi connectivity index (χ0) is 20.2. The van der Waals surface area contributed by atoms with Crippen LogP contribution in [0, 0.1) is 0 Å². The van der Waals surface area contributed by atoms with Crippen molar-refractivity contribution in [3.05, 3.63) is 78.3 Å². The Hall–Kier alpha value is -2.60. The van der Waals surface area contributed by atoms with Crippen molar-refractivity contribution in [1.82, 2.24) is 10.8 Å². The van der Waals surface area contributed by atoms with Gasteiger partial charge in [-0.1, -0.05) is 48.9 Å². The standard InChI is InChI=1S/C24H30N2O3/c27-26-15-6-2-1-3-9-20(17-25-18-22-12-8-16-28-22)19-29-24-14-7-11-21-10-4-5-13-23(21)24/h4-5,7-14,16,25-27H,1-3,6,15,17-19H2/b20-9+. The Morgan fingerprint density at radius 3 is 2.76 bits per heavy atom. The Morgan fingerprint density at radius 2 is 1.90 bits per heavy atom. The Labute approximate surface area is 172 Å². The molecule has 0 atom stereocenters. The molecule has 0 aliphatic heterocycles. The molecule has 0 bridgehead atoms. The first kappa shape index (κ1) is 21.1. The quantitative estimate of drug-likeness (QED) is 0.215. The highest BCUT2D eigenvalue weighted by atomic mass is 16.5. The van der Waals surface area contributed by atoms with Crippen LogP contribution in [-0.2, 0) is 6.54 Å². The molecule has 3 rings (SSSR count). The van der Waals surface area contributed by atoms with Gasteiger partial charge in [0.25, 0.3) is 0 Å². The van der Waals surface area contributed by atoms with Gasteiger partial charge in [0.15, 0.2) is 0 Å². The van der Waals surface area contributed by atoms with E-state index in [4.69, 9.17) is 14.4 Å². The van der Waals surface area contributed by atoms with E-state index >= 15 is 0 Å². The van der Waals surface area contributed by atoms with Crippen molar-refractivity contribution in [3.63, 3.8) is 0 Å². The molecule has 3 aromatic rings. The lowest BCUT2D eigenvalue weighted by Gasteiger charge is -2.13. The van der Waals surface area contributed by atoms with Crippen molar-refractivity contribution in [2.45, 2.75) is 32.2 Å². The average molecular weight is 395 g/mol. The number of furan rings is 1. The maximum absolute atomic E-state index is 8.65. The number of nitrogens with one attached hydrogen (secondary N) is 2. The van der Waals surface area contributed by atoms with Crippen LogP contribution in [-0.4, -0.2) is 24.9 Å². The lowest BCUT2D eigenvalue weighted by molar-refractivity contribution is 0.164. The predicted molar refractivity (Wildman–Crippen MR) is 116 cm³/mol. The fraction of sp³-hybridized carbons (Fsp3) is 0.333. The van der Waals surface area contributed by atoms with E-state index in [1.165, 1.54) is 11.0 Å². The zero-order valence-electron chi connectivity index (χ0n) is 16.8. The van der Waals surface area contributed by atoms with Crippen molar-refractivity contribution in [3.8, 4) is 5.75 Å². The number of unbranched alkanes of at least 4 members (excludes halogenated alkanes) is 3. The van der Waals surface area contributed by atoms with E-state index in [9.17, 15) is 0 Å². The van der Waals surface area contributed by atoms with Crippen molar-refractivity contribution in [2.75, 3.05) is 19.7 Å². The minimum Gasteiger partial charge on any atom is -0.489 e. The number of ether oxygens (including phenoxy) is 1. The number of hydroxylamine groups is 1. The number of fused-ring (bicyclic) bond motifs is 1. The molecule has 1 heterocycles. The van der Waals surface area contributed by atoms with E-state index in [0.717, 1.165) is 49.1 Å². The van der Waals surface area contributed by atoms with E-state index in [1.54, 1.807) is 6.26 Å². The normalized spacial score (nSPS) is 11.8. The number of hydrogen-bond acceptors (Lipinski definition) is 5. The minimum absolute atomic E-state index is 0.553. The first-order valence-electron chi connectivity index (χ1n) is 10.3. The molecule has 0 saturated heterocycles. The van der Waals surface area contributed by atoms with Crippen LogP contribution in [0.1, 0.15) is 31.4 Å². The molecule has 0 amide bonds. The predicted octanol–water partition coefficient (Wildman–Crippen LogP) is 5.07. The van der Waals surface area contributed by atoms with Gasteiger partial charge in [-0.3, -0.25) is 0 Å². The Balaban J connectivity index is 1.56. The first-order valence-corrected chi connectivity index (χ1v) is 10.3. The lowest BCUT2D eigenvalue weighted by atomic mass is 10.1. The van der Waals surface area contributed by atoms with Crippen molar-refractivity contribution in [2.24, 2.45) is 0 Å². The summed E-state index contributed by atoms with van der Waals surface area (Å²) >= 11 is 0. The summed E-state index contributed by atoms with van der Waals surface area (Å²) in [6.07, 6.45) is 8.12.